The number of carbonyl (C=O) groups is 1. The van der Waals surface area contributed by atoms with E-state index < -0.39 is 0 Å². The molecule has 2 aromatic carbocycles. The van der Waals surface area contributed by atoms with E-state index in [4.69, 9.17) is 11.6 Å². The van der Waals surface area contributed by atoms with Crippen LogP contribution in [0.25, 0.3) is 10.2 Å². The highest BCUT2D eigenvalue weighted by molar-refractivity contribution is 7.22. The normalized spacial score (nSPS) is 17.3. The minimum Gasteiger partial charge on any atom is -0.352 e. The summed E-state index contributed by atoms with van der Waals surface area (Å²) >= 11 is 7.62. The molecule has 1 aliphatic rings. The standard InChI is InChI=1S/C20H19ClFN3OS/c21-16-6-2-1-4-13(16)11-23-19(26)14-5-3-9-25(12-14)20-24-17-8-7-15(22)10-18(17)27-20/h1-2,4,6-8,10,14H,3,5,9,11-12H2,(H,23,26). The van der Waals surface area contributed by atoms with Crippen LogP contribution >= 0.6 is 22.9 Å². The molecule has 1 fully saturated rings. The number of fused-ring (bicyclic) bond motifs is 1. The Morgan fingerprint density at radius 1 is 1.33 bits per heavy atom. The molecule has 27 heavy (non-hydrogen) atoms. The maximum Gasteiger partial charge on any atom is 0.225 e. The smallest absolute Gasteiger partial charge is 0.225 e. The van der Waals surface area contributed by atoms with Crippen molar-refractivity contribution in [1.29, 1.82) is 0 Å². The van der Waals surface area contributed by atoms with Crippen LogP contribution in [0.4, 0.5) is 9.52 Å². The number of benzene rings is 2. The Morgan fingerprint density at radius 2 is 2.19 bits per heavy atom. The third-order valence-electron chi connectivity index (χ3n) is 4.81. The maximum atomic E-state index is 13.4. The number of rotatable bonds is 4. The monoisotopic (exact) mass is 403 g/mol. The van der Waals surface area contributed by atoms with E-state index in [-0.39, 0.29) is 17.6 Å². The summed E-state index contributed by atoms with van der Waals surface area (Å²) in [4.78, 5) is 19.4. The molecule has 1 aliphatic heterocycles. The molecule has 0 aliphatic carbocycles. The molecule has 0 radical (unpaired) electrons. The van der Waals surface area contributed by atoms with Crippen molar-refractivity contribution >= 4 is 44.2 Å². The summed E-state index contributed by atoms with van der Waals surface area (Å²) in [6.45, 7) is 1.91. The summed E-state index contributed by atoms with van der Waals surface area (Å²) in [5.74, 6) is -0.315. The number of nitrogens with one attached hydrogen (secondary N) is 1. The molecule has 1 saturated heterocycles. The lowest BCUT2D eigenvalue weighted by Crippen LogP contribution is -2.43. The number of anilines is 1. The van der Waals surface area contributed by atoms with Gasteiger partial charge in [0.1, 0.15) is 5.82 Å². The van der Waals surface area contributed by atoms with Crippen LogP contribution in [0, 0.1) is 11.7 Å². The summed E-state index contributed by atoms with van der Waals surface area (Å²) in [5, 5.41) is 4.50. The van der Waals surface area contributed by atoms with Crippen molar-refractivity contribution in [2.75, 3.05) is 18.0 Å². The van der Waals surface area contributed by atoms with Gasteiger partial charge in [-0.2, -0.15) is 0 Å². The maximum absolute atomic E-state index is 13.4. The Hall–Kier alpha value is -2.18. The van der Waals surface area contributed by atoms with E-state index in [9.17, 15) is 9.18 Å². The fourth-order valence-corrected chi connectivity index (χ4v) is 4.58. The number of piperidine rings is 1. The third kappa shape index (κ3) is 4.06. The fourth-order valence-electron chi connectivity index (χ4n) is 3.35. The number of carbonyl (C=O) groups excluding carboxylic acids is 1. The van der Waals surface area contributed by atoms with E-state index in [1.807, 2.05) is 24.3 Å². The average molecular weight is 404 g/mol. The molecule has 4 rings (SSSR count). The van der Waals surface area contributed by atoms with Crippen LogP contribution in [0.3, 0.4) is 0 Å². The zero-order chi connectivity index (χ0) is 18.8. The van der Waals surface area contributed by atoms with Gasteiger partial charge in [-0.3, -0.25) is 4.79 Å². The lowest BCUT2D eigenvalue weighted by Gasteiger charge is -2.31. The van der Waals surface area contributed by atoms with Gasteiger partial charge in [0.2, 0.25) is 5.91 Å². The molecule has 4 nitrogen and oxygen atoms in total. The Balaban J connectivity index is 1.42. The van der Waals surface area contributed by atoms with E-state index in [2.05, 4.69) is 15.2 Å². The summed E-state index contributed by atoms with van der Waals surface area (Å²) in [6, 6.07) is 12.1. The molecule has 1 aromatic heterocycles. The third-order valence-corrected chi connectivity index (χ3v) is 6.26. The van der Waals surface area contributed by atoms with Crippen LogP contribution in [0.15, 0.2) is 42.5 Å². The van der Waals surface area contributed by atoms with Gasteiger partial charge in [0.05, 0.1) is 16.1 Å². The molecule has 1 atom stereocenters. The first kappa shape index (κ1) is 18.2. The van der Waals surface area contributed by atoms with Crippen LogP contribution in [-0.4, -0.2) is 24.0 Å². The molecule has 0 bridgehead atoms. The fraction of sp³-hybridized carbons (Fsp3) is 0.300. The van der Waals surface area contributed by atoms with Crippen LogP contribution in [0.1, 0.15) is 18.4 Å². The Labute approximate surface area is 166 Å². The van der Waals surface area contributed by atoms with Crippen molar-refractivity contribution in [3.63, 3.8) is 0 Å². The molecule has 1 unspecified atom stereocenters. The molecule has 140 valence electrons. The van der Waals surface area contributed by atoms with Gasteiger partial charge in [-0.1, -0.05) is 41.1 Å². The van der Waals surface area contributed by atoms with Crippen LogP contribution in [-0.2, 0) is 11.3 Å². The zero-order valence-corrected chi connectivity index (χ0v) is 16.2. The summed E-state index contributed by atoms with van der Waals surface area (Å²) < 4.78 is 14.2. The van der Waals surface area contributed by atoms with E-state index in [0.717, 1.165) is 40.3 Å². The van der Waals surface area contributed by atoms with Gasteiger partial charge in [0.25, 0.3) is 0 Å². The molecule has 1 N–H and O–H groups in total. The number of aromatic nitrogens is 1. The summed E-state index contributed by atoms with van der Waals surface area (Å²) in [5.41, 5.74) is 1.70. The van der Waals surface area contributed by atoms with Gasteiger partial charge in [-0.05, 0) is 42.7 Å². The molecule has 2 heterocycles. The second-order valence-electron chi connectivity index (χ2n) is 6.70. The number of thiazole rings is 1. The number of hydrogen-bond donors (Lipinski definition) is 1. The van der Waals surface area contributed by atoms with Crippen molar-refractivity contribution in [1.82, 2.24) is 10.3 Å². The van der Waals surface area contributed by atoms with E-state index in [1.54, 1.807) is 6.07 Å². The van der Waals surface area contributed by atoms with Crippen molar-refractivity contribution < 1.29 is 9.18 Å². The van der Waals surface area contributed by atoms with Crippen molar-refractivity contribution in [3.05, 3.63) is 58.9 Å². The van der Waals surface area contributed by atoms with Gasteiger partial charge in [0, 0.05) is 24.7 Å². The first-order valence-corrected chi connectivity index (χ1v) is 10.1. The van der Waals surface area contributed by atoms with Crippen LogP contribution in [0.2, 0.25) is 5.02 Å². The second kappa shape index (κ2) is 7.82. The molecule has 7 heteroatoms. The van der Waals surface area contributed by atoms with Crippen molar-refractivity contribution in [2.24, 2.45) is 5.92 Å². The quantitative estimate of drug-likeness (QED) is 0.691. The van der Waals surface area contributed by atoms with Gasteiger partial charge >= 0.3 is 0 Å². The average Bonchev–Trinajstić information content (AvgIpc) is 3.10. The highest BCUT2D eigenvalue weighted by Crippen LogP contribution is 2.32. The van der Waals surface area contributed by atoms with Crippen molar-refractivity contribution in [2.45, 2.75) is 19.4 Å². The van der Waals surface area contributed by atoms with E-state index >= 15 is 0 Å². The second-order valence-corrected chi connectivity index (χ2v) is 8.12. The minimum atomic E-state index is -0.256. The zero-order valence-electron chi connectivity index (χ0n) is 14.6. The summed E-state index contributed by atoms with van der Waals surface area (Å²) in [6.07, 6.45) is 1.78. The minimum absolute atomic E-state index is 0.0341. The Bertz CT molecular complexity index is 977. The van der Waals surface area contributed by atoms with Gasteiger partial charge in [0.15, 0.2) is 5.13 Å². The largest absolute Gasteiger partial charge is 0.352 e. The molecule has 3 aromatic rings. The van der Waals surface area contributed by atoms with Crippen molar-refractivity contribution in [3.8, 4) is 0 Å². The van der Waals surface area contributed by atoms with Gasteiger partial charge in [-0.15, -0.1) is 0 Å². The lowest BCUT2D eigenvalue weighted by molar-refractivity contribution is -0.125. The molecular formula is C20H19ClFN3OS. The molecular weight excluding hydrogens is 385 g/mol. The van der Waals surface area contributed by atoms with Gasteiger partial charge < -0.3 is 10.2 Å². The Kier molecular flexibility index (Phi) is 5.27. The Morgan fingerprint density at radius 3 is 3.04 bits per heavy atom. The predicted octanol–water partition coefficient (Wildman–Crippen LogP) is 4.62. The topological polar surface area (TPSA) is 45.2 Å². The molecule has 0 saturated carbocycles. The number of amides is 1. The van der Waals surface area contributed by atoms with Gasteiger partial charge in [-0.25, -0.2) is 9.37 Å². The first-order chi connectivity index (χ1) is 13.1. The highest BCUT2D eigenvalue weighted by Gasteiger charge is 2.27. The van der Waals surface area contributed by atoms with E-state index in [1.165, 1.54) is 23.5 Å². The number of hydrogen-bond acceptors (Lipinski definition) is 4. The van der Waals surface area contributed by atoms with E-state index in [0.29, 0.717) is 18.1 Å². The molecule has 0 spiro atoms. The van der Waals surface area contributed by atoms with Crippen LogP contribution < -0.4 is 10.2 Å². The molecule has 1 amide bonds. The highest BCUT2D eigenvalue weighted by atomic mass is 35.5. The SMILES string of the molecule is O=C(NCc1ccccc1Cl)C1CCCN(c2nc3ccc(F)cc3s2)C1. The summed E-state index contributed by atoms with van der Waals surface area (Å²) in [7, 11) is 0. The predicted molar refractivity (Wildman–Crippen MR) is 108 cm³/mol. The van der Waals surface area contributed by atoms with Crippen LogP contribution in [0.5, 0.6) is 0 Å². The number of nitrogens with zero attached hydrogens (tertiary/aromatic N) is 2. The first-order valence-electron chi connectivity index (χ1n) is 8.92. The lowest BCUT2D eigenvalue weighted by atomic mass is 9.97. The number of halogens is 2.